The van der Waals surface area contributed by atoms with E-state index in [1.807, 2.05) is 6.07 Å². The maximum atomic E-state index is 11.9. The van der Waals surface area contributed by atoms with Crippen molar-refractivity contribution in [3.63, 3.8) is 0 Å². The van der Waals surface area contributed by atoms with Gasteiger partial charge in [-0.1, -0.05) is 13.0 Å². The van der Waals surface area contributed by atoms with Gasteiger partial charge in [-0.25, -0.2) is 9.78 Å². The van der Waals surface area contributed by atoms with E-state index in [-0.39, 0.29) is 5.97 Å². The number of esters is 1. The molecular formula is C16H19N3O2. The van der Waals surface area contributed by atoms with E-state index in [0.717, 1.165) is 12.1 Å². The van der Waals surface area contributed by atoms with E-state index in [9.17, 15) is 4.79 Å². The van der Waals surface area contributed by atoms with Gasteiger partial charge in [0.25, 0.3) is 0 Å². The molecule has 0 aliphatic rings. The Kier molecular flexibility index (Phi) is 5.26. The summed E-state index contributed by atoms with van der Waals surface area (Å²) in [6.07, 6.45) is 4.32. The Labute approximate surface area is 124 Å². The summed E-state index contributed by atoms with van der Waals surface area (Å²) < 4.78 is 5.03. The van der Waals surface area contributed by atoms with Crippen LogP contribution in [0.25, 0.3) is 0 Å². The minimum atomic E-state index is -0.371. The molecule has 5 heteroatoms. The van der Waals surface area contributed by atoms with Crippen molar-refractivity contribution in [3.8, 4) is 0 Å². The SMILES string of the molecule is CCOC(=O)c1cccnc1NCc1ncccc1CC. The molecule has 5 nitrogen and oxygen atoms in total. The van der Waals surface area contributed by atoms with Crippen LogP contribution in [0.5, 0.6) is 0 Å². The van der Waals surface area contributed by atoms with Crippen LogP contribution in [0, 0.1) is 0 Å². The molecule has 0 aliphatic carbocycles. The molecule has 2 aromatic heterocycles. The molecule has 2 heterocycles. The molecule has 21 heavy (non-hydrogen) atoms. The first kappa shape index (κ1) is 15.0. The van der Waals surface area contributed by atoms with E-state index in [1.54, 1.807) is 31.5 Å². The van der Waals surface area contributed by atoms with Gasteiger partial charge in [-0.3, -0.25) is 4.98 Å². The van der Waals surface area contributed by atoms with Crippen LogP contribution in [0.2, 0.25) is 0 Å². The van der Waals surface area contributed by atoms with E-state index >= 15 is 0 Å². The third-order valence-corrected chi connectivity index (χ3v) is 3.09. The number of ether oxygens (including phenoxy) is 1. The predicted molar refractivity (Wildman–Crippen MR) is 81.1 cm³/mol. The highest BCUT2D eigenvalue weighted by molar-refractivity contribution is 5.94. The molecule has 2 rings (SSSR count). The second-order valence-electron chi connectivity index (χ2n) is 4.44. The van der Waals surface area contributed by atoms with Crippen molar-refractivity contribution in [1.82, 2.24) is 9.97 Å². The molecule has 0 spiro atoms. The highest BCUT2D eigenvalue weighted by Crippen LogP contribution is 2.15. The van der Waals surface area contributed by atoms with E-state index < -0.39 is 0 Å². The summed E-state index contributed by atoms with van der Waals surface area (Å²) in [5.74, 6) is 0.147. The van der Waals surface area contributed by atoms with E-state index in [4.69, 9.17) is 4.74 Å². The Balaban J connectivity index is 2.15. The Morgan fingerprint density at radius 2 is 1.95 bits per heavy atom. The zero-order valence-corrected chi connectivity index (χ0v) is 12.3. The van der Waals surface area contributed by atoms with Gasteiger partial charge < -0.3 is 10.1 Å². The first-order chi connectivity index (χ1) is 10.3. The van der Waals surface area contributed by atoms with Crippen molar-refractivity contribution in [2.24, 2.45) is 0 Å². The quantitative estimate of drug-likeness (QED) is 0.827. The maximum absolute atomic E-state index is 11.9. The van der Waals surface area contributed by atoms with Crippen LogP contribution in [0.1, 0.15) is 35.5 Å². The number of hydrogen-bond donors (Lipinski definition) is 1. The lowest BCUT2D eigenvalue weighted by Gasteiger charge is -2.11. The second-order valence-corrected chi connectivity index (χ2v) is 4.44. The molecule has 110 valence electrons. The number of aryl methyl sites for hydroxylation is 1. The fourth-order valence-electron chi connectivity index (χ4n) is 2.04. The van der Waals surface area contributed by atoms with Crippen molar-refractivity contribution in [1.29, 1.82) is 0 Å². The third-order valence-electron chi connectivity index (χ3n) is 3.09. The number of nitrogens with one attached hydrogen (secondary N) is 1. The molecule has 0 aromatic carbocycles. The lowest BCUT2D eigenvalue weighted by molar-refractivity contribution is 0.0527. The van der Waals surface area contributed by atoms with Gasteiger partial charge >= 0.3 is 5.97 Å². The van der Waals surface area contributed by atoms with Crippen LogP contribution in [0.15, 0.2) is 36.7 Å². The molecule has 0 radical (unpaired) electrons. The summed E-state index contributed by atoms with van der Waals surface area (Å²) in [6, 6.07) is 7.39. The highest BCUT2D eigenvalue weighted by Gasteiger charge is 2.13. The fourth-order valence-corrected chi connectivity index (χ4v) is 2.04. The smallest absolute Gasteiger partial charge is 0.341 e. The summed E-state index contributed by atoms with van der Waals surface area (Å²) in [7, 11) is 0. The lowest BCUT2D eigenvalue weighted by atomic mass is 10.1. The monoisotopic (exact) mass is 285 g/mol. The Morgan fingerprint density at radius 1 is 1.19 bits per heavy atom. The Hall–Kier alpha value is -2.43. The van der Waals surface area contributed by atoms with Gasteiger partial charge in [0.2, 0.25) is 0 Å². The van der Waals surface area contributed by atoms with Gasteiger partial charge in [-0.15, -0.1) is 0 Å². The molecule has 0 aliphatic heterocycles. The lowest BCUT2D eigenvalue weighted by Crippen LogP contribution is -2.12. The van der Waals surface area contributed by atoms with Gasteiger partial charge in [-0.2, -0.15) is 0 Å². The van der Waals surface area contributed by atoms with Crippen LogP contribution < -0.4 is 5.32 Å². The molecule has 0 atom stereocenters. The number of aromatic nitrogens is 2. The van der Waals surface area contributed by atoms with Crippen LogP contribution in [-0.4, -0.2) is 22.5 Å². The molecule has 0 bridgehead atoms. The molecule has 0 saturated carbocycles. The van der Waals surface area contributed by atoms with Crippen molar-refractivity contribution in [2.45, 2.75) is 26.8 Å². The van der Waals surface area contributed by atoms with Crippen molar-refractivity contribution in [2.75, 3.05) is 11.9 Å². The summed E-state index contributed by atoms with van der Waals surface area (Å²) in [6.45, 7) is 4.73. The second kappa shape index (κ2) is 7.38. The zero-order chi connectivity index (χ0) is 15.1. The topological polar surface area (TPSA) is 64.1 Å². The average molecular weight is 285 g/mol. The number of rotatable bonds is 6. The molecule has 0 unspecified atom stereocenters. The molecular weight excluding hydrogens is 266 g/mol. The molecule has 2 aromatic rings. The number of carbonyl (C=O) groups is 1. The van der Waals surface area contributed by atoms with E-state index in [1.165, 1.54) is 5.56 Å². The molecule has 0 fully saturated rings. The summed E-state index contributed by atoms with van der Waals surface area (Å²) in [5.41, 5.74) is 2.58. The van der Waals surface area contributed by atoms with Gasteiger partial charge in [0.15, 0.2) is 0 Å². The number of anilines is 1. The minimum Gasteiger partial charge on any atom is -0.462 e. The molecule has 1 N–H and O–H groups in total. The van der Waals surface area contributed by atoms with Crippen molar-refractivity contribution < 1.29 is 9.53 Å². The fraction of sp³-hybridized carbons (Fsp3) is 0.312. The number of carbonyl (C=O) groups excluding carboxylic acids is 1. The minimum absolute atomic E-state index is 0.341. The summed E-state index contributed by atoms with van der Waals surface area (Å²) in [4.78, 5) is 20.5. The van der Waals surface area contributed by atoms with E-state index in [0.29, 0.717) is 24.5 Å². The van der Waals surface area contributed by atoms with Crippen LogP contribution >= 0.6 is 0 Å². The largest absolute Gasteiger partial charge is 0.462 e. The highest BCUT2D eigenvalue weighted by atomic mass is 16.5. The first-order valence-corrected chi connectivity index (χ1v) is 7.05. The maximum Gasteiger partial charge on any atom is 0.341 e. The van der Waals surface area contributed by atoms with Gasteiger partial charge in [0, 0.05) is 12.4 Å². The first-order valence-electron chi connectivity index (χ1n) is 7.05. The molecule has 0 saturated heterocycles. The van der Waals surface area contributed by atoms with E-state index in [2.05, 4.69) is 28.3 Å². The molecule has 0 amide bonds. The van der Waals surface area contributed by atoms with Crippen molar-refractivity contribution in [3.05, 3.63) is 53.5 Å². The van der Waals surface area contributed by atoms with Crippen LogP contribution in [0.3, 0.4) is 0 Å². The number of hydrogen-bond acceptors (Lipinski definition) is 5. The van der Waals surface area contributed by atoms with Gasteiger partial charge in [0.1, 0.15) is 11.4 Å². The summed E-state index contributed by atoms with van der Waals surface area (Å²) in [5, 5.41) is 3.17. The number of nitrogens with zero attached hydrogens (tertiary/aromatic N) is 2. The van der Waals surface area contributed by atoms with Gasteiger partial charge in [0.05, 0.1) is 18.8 Å². The average Bonchev–Trinajstić information content (AvgIpc) is 2.53. The standard InChI is InChI=1S/C16H19N3O2/c1-3-12-7-5-9-17-14(12)11-19-15-13(8-6-10-18-15)16(20)21-4-2/h5-10H,3-4,11H2,1-2H3,(H,18,19). The predicted octanol–water partition coefficient (Wildman–Crippen LogP) is 2.83. The zero-order valence-electron chi connectivity index (χ0n) is 12.3. The Bertz CT molecular complexity index is 614. The Morgan fingerprint density at radius 3 is 2.71 bits per heavy atom. The van der Waals surface area contributed by atoms with Gasteiger partial charge in [-0.05, 0) is 37.1 Å². The van der Waals surface area contributed by atoms with Crippen LogP contribution in [0.4, 0.5) is 5.82 Å². The van der Waals surface area contributed by atoms with Crippen molar-refractivity contribution >= 4 is 11.8 Å². The third kappa shape index (κ3) is 3.78. The summed E-state index contributed by atoms with van der Waals surface area (Å²) >= 11 is 0. The normalized spacial score (nSPS) is 10.2. The number of pyridine rings is 2. The van der Waals surface area contributed by atoms with Crippen LogP contribution in [-0.2, 0) is 17.7 Å².